The van der Waals surface area contributed by atoms with Gasteiger partial charge in [-0.1, -0.05) is 6.07 Å². The van der Waals surface area contributed by atoms with Gasteiger partial charge in [0.1, 0.15) is 18.2 Å². The molecule has 1 aromatic carbocycles. The Balaban J connectivity index is 1.78. The molecule has 2 aromatic heterocycles. The Morgan fingerprint density at radius 2 is 1.81 bits per heavy atom. The van der Waals surface area contributed by atoms with Crippen LogP contribution in [0.4, 0.5) is 22.0 Å². The minimum absolute atomic E-state index is 0.0488. The zero-order valence-electron chi connectivity index (χ0n) is 16.9. The molecule has 170 valence electrons. The molecule has 0 N–H and O–H groups in total. The molecule has 0 spiro atoms. The van der Waals surface area contributed by atoms with Gasteiger partial charge in [0.15, 0.2) is 5.82 Å². The molecule has 0 aliphatic carbocycles. The molecule has 0 unspecified atom stereocenters. The third kappa shape index (κ3) is 5.24. The van der Waals surface area contributed by atoms with E-state index in [0.717, 1.165) is 10.9 Å². The van der Waals surface area contributed by atoms with Crippen molar-refractivity contribution < 1.29 is 26.7 Å². The van der Waals surface area contributed by atoms with Crippen LogP contribution in [0.15, 0.2) is 43.0 Å². The van der Waals surface area contributed by atoms with Crippen LogP contribution >= 0.6 is 0 Å². The first-order chi connectivity index (χ1) is 15.2. The van der Waals surface area contributed by atoms with Gasteiger partial charge in [-0.25, -0.2) is 18.7 Å². The zero-order chi connectivity index (χ0) is 23.3. The zero-order valence-corrected chi connectivity index (χ0v) is 16.9. The number of para-hydroxylation sites is 1. The molecule has 12 heteroatoms. The number of nitrogens with zero attached hydrogens (tertiary/aromatic N) is 6. The van der Waals surface area contributed by atoms with E-state index in [-0.39, 0.29) is 36.5 Å². The van der Waals surface area contributed by atoms with Crippen LogP contribution in [-0.2, 0) is 12.6 Å². The van der Waals surface area contributed by atoms with E-state index in [1.807, 2.05) is 0 Å². The monoisotopic (exact) mass is 454 g/mol. The number of aryl methyl sites for hydroxylation is 1. The molecule has 2 heterocycles. The van der Waals surface area contributed by atoms with Crippen LogP contribution in [0.1, 0.15) is 35.1 Å². The lowest BCUT2D eigenvalue weighted by atomic mass is 10.1. The summed E-state index contributed by atoms with van der Waals surface area (Å²) in [6, 6.07) is 3.36. The van der Waals surface area contributed by atoms with Gasteiger partial charge in [0, 0.05) is 31.4 Å². The molecule has 32 heavy (non-hydrogen) atoms. The van der Waals surface area contributed by atoms with Crippen molar-refractivity contribution in [2.24, 2.45) is 0 Å². The van der Waals surface area contributed by atoms with E-state index in [4.69, 9.17) is 0 Å². The number of hydrogen-bond acceptors (Lipinski definition) is 5. The Labute approximate surface area is 179 Å². The van der Waals surface area contributed by atoms with E-state index in [1.165, 1.54) is 29.4 Å². The van der Waals surface area contributed by atoms with E-state index in [1.54, 1.807) is 6.92 Å². The van der Waals surface area contributed by atoms with Crippen LogP contribution in [0.5, 0.6) is 0 Å². The average molecular weight is 454 g/mol. The van der Waals surface area contributed by atoms with Gasteiger partial charge in [0.2, 0.25) is 0 Å². The third-order valence-corrected chi connectivity index (χ3v) is 4.77. The summed E-state index contributed by atoms with van der Waals surface area (Å²) in [5, 5.41) is 7.73. The molecule has 0 saturated heterocycles. The predicted molar refractivity (Wildman–Crippen MR) is 103 cm³/mol. The summed E-state index contributed by atoms with van der Waals surface area (Å²) < 4.78 is 65.6. The largest absolute Gasteiger partial charge is 0.419 e. The lowest BCUT2D eigenvalue weighted by Crippen LogP contribution is -2.41. The van der Waals surface area contributed by atoms with Crippen LogP contribution in [-0.4, -0.2) is 55.0 Å². The van der Waals surface area contributed by atoms with Gasteiger partial charge in [-0.2, -0.15) is 23.4 Å². The van der Waals surface area contributed by atoms with Crippen molar-refractivity contribution in [2.45, 2.75) is 32.0 Å². The molecule has 3 aromatic rings. The number of rotatable bonds is 8. The van der Waals surface area contributed by atoms with Gasteiger partial charge < -0.3 is 4.90 Å². The standard InChI is InChI=1S/C20H19F5N6O/c1-13(5-6-17-26-11-14(12-27-17)20(23,24)25)30(10-7-21)19(32)15-3-2-4-16(22)18(15)31-28-8-9-29-31/h2-4,8-9,11-13H,5-7,10H2,1H3/t13-/m0/s1. The van der Waals surface area contributed by atoms with Crippen LogP contribution in [0.2, 0.25) is 0 Å². The Hall–Kier alpha value is -3.44. The van der Waals surface area contributed by atoms with E-state index in [0.29, 0.717) is 12.4 Å². The summed E-state index contributed by atoms with van der Waals surface area (Å²) in [4.78, 5) is 22.8. The second-order valence-corrected chi connectivity index (χ2v) is 6.92. The topological polar surface area (TPSA) is 76.8 Å². The Bertz CT molecular complexity index is 1040. The van der Waals surface area contributed by atoms with Crippen LogP contribution < -0.4 is 0 Å². The molecule has 1 atom stereocenters. The van der Waals surface area contributed by atoms with E-state index < -0.39 is 36.2 Å². The maximum Gasteiger partial charge on any atom is 0.419 e. The fraction of sp³-hybridized carbons (Fsp3) is 0.350. The molecule has 1 amide bonds. The number of carbonyl (C=O) groups excluding carboxylic acids is 1. The number of aromatic nitrogens is 5. The lowest BCUT2D eigenvalue weighted by molar-refractivity contribution is -0.138. The number of halogens is 5. The summed E-state index contributed by atoms with van der Waals surface area (Å²) >= 11 is 0. The minimum atomic E-state index is -4.54. The molecule has 7 nitrogen and oxygen atoms in total. The van der Waals surface area contributed by atoms with Gasteiger partial charge in [-0.05, 0) is 25.5 Å². The van der Waals surface area contributed by atoms with Gasteiger partial charge >= 0.3 is 6.18 Å². The number of alkyl halides is 4. The molecule has 0 saturated carbocycles. The highest BCUT2D eigenvalue weighted by atomic mass is 19.4. The molecule has 0 aliphatic rings. The van der Waals surface area contributed by atoms with Gasteiger partial charge in [0.05, 0.1) is 23.5 Å². The van der Waals surface area contributed by atoms with Crippen molar-refractivity contribution in [3.8, 4) is 5.69 Å². The molecule has 0 aliphatic heterocycles. The second-order valence-electron chi connectivity index (χ2n) is 6.92. The van der Waals surface area contributed by atoms with Crippen molar-refractivity contribution in [1.29, 1.82) is 0 Å². The molecule has 0 bridgehead atoms. The fourth-order valence-electron chi connectivity index (χ4n) is 3.11. The molecular formula is C20H19F5N6O. The van der Waals surface area contributed by atoms with Gasteiger partial charge in [-0.3, -0.25) is 4.79 Å². The van der Waals surface area contributed by atoms with E-state index in [2.05, 4.69) is 20.2 Å². The summed E-state index contributed by atoms with van der Waals surface area (Å²) in [6.07, 6.45) is -0.100. The Morgan fingerprint density at radius 3 is 2.41 bits per heavy atom. The van der Waals surface area contributed by atoms with Crippen molar-refractivity contribution in [3.05, 3.63) is 65.8 Å². The highest BCUT2D eigenvalue weighted by Crippen LogP contribution is 2.28. The predicted octanol–water partition coefficient (Wildman–Crippen LogP) is 3.65. The van der Waals surface area contributed by atoms with Gasteiger partial charge in [-0.15, -0.1) is 4.80 Å². The number of carbonyl (C=O) groups is 1. The lowest BCUT2D eigenvalue weighted by Gasteiger charge is -2.29. The maximum atomic E-state index is 14.5. The highest BCUT2D eigenvalue weighted by molar-refractivity contribution is 5.98. The highest BCUT2D eigenvalue weighted by Gasteiger charge is 2.31. The molecular weight excluding hydrogens is 435 g/mol. The number of amides is 1. The summed E-state index contributed by atoms with van der Waals surface area (Å²) in [6.45, 7) is 0.566. The van der Waals surface area contributed by atoms with Crippen LogP contribution in [0.25, 0.3) is 5.69 Å². The fourth-order valence-corrected chi connectivity index (χ4v) is 3.11. The quantitative estimate of drug-likeness (QED) is 0.486. The smallest absolute Gasteiger partial charge is 0.333 e. The SMILES string of the molecule is C[C@@H](CCc1ncc(C(F)(F)F)cn1)N(CCF)C(=O)c1cccc(F)c1-n1nccn1. The first kappa shape index (κ1) is 23.2. The summed E-state index contributed by atoms with van der Waals surface area (Å²) in [5.41, 5.74) is -1.17. The van der Waals surface area contributed by atoms with Gasteiger partial charge in [0.25, 0.3) is 5.91 Å². The van der Waals surface area contributed by atoms with Crippen LogP contribution in [0, 0.1) is 5.82 Å². The molecule has 0 fully saturated rings. The third-order valence-electron chi connectivity index (χ3n) is 4.77. The van der Waals surface area contributed by atoms with Crippen molar-refractivity contribution >= 4 is 5.91 Å². The second kappa shape index (κ2) is 9.79. The van der Waals surface area contributed by atoms with E-state index in [9.17, 15) is 26.7 Å². The molecule has 3 rings (SSSR count). The Morgan fingerprint density at radius 1 is 1.16 bits per heavy atom. The molecule has 0 radical (unpaired) electrons. The van der Waals surface area contributed by atoms with E-state index >= 15 is 0 Å². The van der Waals surface area contributed by atoms with Crippen molar-refractivity contribution in [3.63, 3.8) is 0 Å². The first-order valence-electron chi connectivity index (χ1n) is 9.62. The minimum Gasteiger partial charge on any atom is -0.333 e. The number of hydrogen-bond donors (Lipinski definition) is 0. The first-order valence-corrected chi connectivity index (χ1v) is 9.62. The summed E-state index contributed by atoms with van der Waals surface area (Å²) in [5.74, 6) is -1.20. The number of benzene rings is 1. The average Bonchev–Trinajstić information content (AvgIpc) is 3.29. The van der Waals surface area contributed by atoms with Crippen molar-refractivity contribution in [1.82, 2.24) is 29.9 Å². The summed E-state index contributed by atoms with van der Waals surface area (Å²) in [7, 11) is 0. The van der Waals surface area contributed by atoms with Crippen molar-refractivity contribution in [2.75, 3.05) is 13.2 Å². The normalized spacial score (nSPS) is 12.6. The van der Waals surface area contributed by atoms with Crippen LogP contribution in [0.3, 0.4) is 0 Å². The Kier molecular flexibility index (Phi) is 7.11. The maximum absolute atomic E-state index is 14.5.